The molecule has 2 aromatic rings. The molecule has 0 atom stereocenters. The van der Waals surface area contributed by atoms with Crippen molar-refractivity contribution in [1.82, 2.24) is 19.8 Å². The molecule has 0 bridgehead atoms. The van der Waals surface area contributed by atoms with E-state index >= 15 is 0 Å². The Morgan fingerprint density at radius 3 is 2.74 bits per heavy atom. The molecule has 6 heteroatoms. The first kappa shape index (κ1) is 18.1. The van der Waals surface area contributed by atoms with Crippen molar-refractivity contribution in [2.45, 2.75) is 31.9 Å². The summed E-state index contributed by atoms with van der Waals surface area (Å²) >= 11 is 0. The maximum absolute atomic E-state index is 12.7. The summed E-state index contributed by atoms with van der Waals surface area (Å²) in [6, 6.07) is 11.6. The number of hydrogen-bond donors (Lipinski definition) is 0. The molecule has 0 aliphatic carbocycles. The molecule has 2 saturated heterocycles. The predicted octanol–water partition coefficient (Wildman–Crippen LogP) is 2.29. The fourth-order valence-electron chi connectivity index (χ4n) is 4.02. The maximum Gasteiger partial charge on any atom is 0.272 e. The third kappa shape index (κ3) is 4.17. The van der Waals surface area contributed by atoms with Gasteiger partial charge in [-0.25, -0.2) is 4.98 Å². The summed E-state index contributed by atoms with van der Waals surface area (Å²) in [5.74, 6) is 0.0229. The lowest BCUT2D eigenvalue weighted by atomic mass is 9.89. The third-order valence-electron chi connectivity index (χ3n) is 5.51. The van der Waals surface area contributed by atoms with Crippen LogP contribution in [0.5, 0.6) is 0 Å². The zero-order valence-electron chi connectivity index (χ0n) is 15.8. The molecule has 0 N–H and O–H groups in total. The summed E-state index contributed by atoms with van der Waals surface area (Å²) in [5.41, 5.74) is 2.35. The number of rotatable bonds is 3. The van der Waals surface area contributed by atoms with Gasteiger partial charge in [-0.05, 0) is 44.0 Å². The number of nitrogens with zero attached hydrogens (tertiary/aromatic N) is 4. The van der Waals surface area contributed by atoms with Crippen molar-refractivity contribution in [3.63, 3.8) is 0 Å². The van der Waals surface area contributed by atoms with Gasteiger partial charge in [-0.3, -0.25) is 14.7 Å². The van der Waals surface area contributed by atoms with Crippen LogP contribution in [0.15, 0.2) is 42.6 Å². The van der Waals surface area contributed by atoms with Crippen molar-refractivity contribution in [2.75, 3.05) is 32.8 Å². The highest BCUT2D eigenvalue weighted by Gasteiger charge is 2.40. The third-order valence-corrected chi connectivity index (χ3v) is 5.51. The van der Waals surface area contributed by atoms with E-state index in [2.05, 4.69) is 20.9 Å². The van der Waals surface area contributed by atoms with E-state index in [0.29, 0.717) is 18.8 Å². The van der Waals surface area contributed by atoms with E-state index in [9.17, 15) is 4.79 Å². The van der Waals surface area contributed by atoms with Crippen LogP contribution in [-0.4, -0.2) is 64.1 Å². The fraction of sp³-hybridized carbons (Fsp3) is 0.476. The summed E-state index contributed by atoms with van der Waals surface area (Å²) in [4.78, 5) is 25.9. The molecule has 142 valence electrons. The summed E-state index contributed by atoms with van der Waals surface area (Å²) < 4.78 is 6.21. The molecule has 27 heavy (non-hydrogen) atoms. The Bertz CT molecular complexity index is 788. The van der Waals surface area contributed by atoms with Crippen molar-refractivity contribution in [3.05, 3.63) is 59.7 Å². The van der Waals surface area contributed by atoms with E-state index < -0.39 is 0 Å². The Morgan fingerprint density at radius 1 is 1.15 bits per heavy atom. The smallest absolute Gasteiger partial charge is 0.272 e. The van der Waals surface area contributed by atoms with Gasteiger partial charge in [0.15, 0.2) is 0 Å². The molecule has 0 aromatic carbocycles. The van der Waals surface area contributed by atoms with Crippen LogP contribution in [0.25, 0.3) is 0 Å². The second-order valence-electron chi connectivity index (χ2n) is 7.52. The monoisotopic (exact) mass is 366 g/mol. The molecule has 1 amide bonds. The zero-order chi connectivity index (χ0) is 18.7. The highest BCUT2D eigenvalue weighted by molar-refractivity contribution is 5.92. The second kappa shape index (κ2) is 7.74. The number of carbonyl (C=O) groups excluding carboxylic acids is 1. The van der Waals surface area contributed by atoms with Gasteiger partial charge in [0.05, 0.1) is 17.9 Å². The summed E-state index contributed by atoms with van der Waals surface area (Å²) in [7, 11) is 0. The topological polar surface area (TPSA) is 58.6 Å². The second-order valence-corrected chi connectivity index (χ2v) is 7.52. The minimum Gasteiger partial charge on any atom is -0.372 e. The standard InChI is InChI=1S/C21H26N4O2/c1-17-5-4-7-19(23-17)20(26)25-11-8-21(9-12-25)16-24(13-14-27-21)15-18-6-2-3-10-22-18/h2-7,10H,8-9,11-16H2,1H3. The Balaban J connectivity index is 1.37. The number of ether oxygens (including phenoxy) is 1. The van der Waals surface area contributed by atoms with E-state index in [-0.39, 0.29) is 11.5 Å². The fourth-order valence-corrected chi connectivity index (χ4v) is 4.02. The molecule has 0 unspecified atom stereocenters. The van der Waals surface area contributed by atoms with Crippen molar-refractivity contribution in [3.8, 4) is 0 Å². The first-order valence-electron chi connectivity index (χ1n) is 9.63. The number of hydrogen-bond acceptors (Lipinski definition) is 5. The average Bonchev–Trinajstić information content (AvgIpc) is 2.69. The van der Waals surface area contributed by atoms with Gasteiger partial charge in [0, 0.05) is 44.6 Å². The van der Waals surface area contributed by atoms with Gasteiger partial charge in [-0.1, -0.05) is 12.1 Å². The Kier molecular flexibility index (Phi) is 5.18. The van der Waals surface area contributed by atoms with Crippen molar-refractivity contribution >= 4 is 5.91 Å². The SMILES string of the molecule is Cc1cccc(C(=O)N2CCC3(CC2)CN(Cc2ccccn2)CCO3)n1. The lowest BCUT2D eigenvalue weighted by molar-refractivity contribution is -0.134. The number of amides is 1. The van der Waals surface area contributed by atoms with Crippen LogP contribution in [0.4, 0.5) is 0 Å². The number of aromatic nitrogens is 2. The van der Waals surface area contributed by atoms with Gasteiger partial charge in [-0.15, -0.1) is 0 Å². The van der Waals surface area contributed by atoms with Crippen LogP contribution in [0, 0.1) is 6.92 Å². The van der Waals surface area contributed by atoms with Crippen LogP contribution >= 0.6 is 0 Å². The number of morpholine rings is 1. The summed E-state index contributed by atoms with van der Waals surface area (Å²) in [5, 5.41) is 0. The van der Waals surface area contributed by atoms with E-state index in [1.165, 1.54) is 0 Å². The highest BCUT2D eigenvalue weighted by atomic mass is 16.5. The minimum atomic E-state index is -0.149. The largest absolute Gasteiger partial charge is 0.372 e. The predicted molar refractivity (Wildman–Crippen MR) is 102 cm³/mol. The van der Waals surface area contributed by atoms with E-state index in [0.717, 1.165) is 50.5 Å². The maximum atomic E-state index is 12.7. The molecule has 0 saturated carbocycles. The number of aryl methyl sites for hydroxylation is 1. The zero-order valence-corrected chi connectivity index (χ0v) is 15.8. The molecule has 2 aliphatic heterocycles. The number of likely N-dealkylation sites (tertiary alicyclic amines) is 1. The van der Waals surface area contributed by atoms with E-state index in [1.807, 2.05) is 42.3 Å². The molecule has 2 aliphatic rings. The van der Waals surface area contributed by atoms with Crippen LogP contribution in [-0.2, 0) is 11.3 Å². The molecular weight excluding hydrogens is 340 g/mol. The van der Waals surface area contributed by atoms with Gasteiger partial charge < -0.3 is 9.64 Å². The van der Waals surface area contributed by atoms with Crippen LogP contribution < -0.4 is 0 Å². The van der Waals surface area contributed by atoms with Gasteiger partial charge in [0.25, 0.3) is 5.91 Å². The first-order chi connectivity index (χ1) is 13.1. The average molecular weight is 366 g/mol. The molecular formula is C21H26N4O2. The molecule has 2 aromatic heterocycles. The van der Waals surface area contributed by atoms with Gasteiger partial charge in [0.2, 0.25) is 0 Å². The van der Waals surface area contributed by atoms with Gasteiger partial charge in [0.1, 0.15) is 5.69 Å². The number of piperidine rings is 1. The van der Waals surface area contributed by atoms with Crippen molar-refractivity contribution in [2.24, 2.45) is 0 Å². The molecule has 4 rings (SSSR count). The lowest BCUT2D eigenvalue weighted by Gasteiger charge is -2.47. The Morgan fingerprint density at radius 2 is 2.00 bits per heavy atom. The summed E-state index contributed by atoms with van der Waals surface area (Å²) in [6.07, 6.45) is 3.57. The van der Waals surface area contributed by atoms with Gasteiger partial charge >= 0.3 is 0 Å². The highest BCUT2D eigenvalue weighted by Crippen LogP contribution is 2.31. The molecule has 6 nitrogen and oxygen atoms in total. The van der Waals surface area contributed by atoms with Gasteiger partial charge in [-0.2, -0.15) is 0 Å². The molecule has 4 heterocycles. The van der Waals surface area contributed by atoms with Crippen LogP contribution in [0.1, 0.15) is 34.7 Å². The van der Waals surface area contributed by atoms with E-state index in [1.54, 1.807) is 6.07 Å². The van der Waals surface area contributed by atoms with Crippen molar-refractivity contribution in [1.29, 1.82) is 0 Å². The first-order valence-corrected chi connectivity index (χ1v) is 9.63. The Labute approximate surface area is 160 Å². The van der Waals surface area contributed by atoms with Crippen LogP contribution in [0.2, 0.25) is 0 Å². The van der Waals surface area contributed by atoms with Crippen molar-refractivity contribution < 1.29 is 9.53 Å². The van der Waals surface area contributed by atoms with E-state index in [4.69, 9.17) is 4.74 Å². The number of carbonyl (C=O) groups is 1. The number of pyridine rings is 2. The lowest BCUT2D eigenvalue weighted by Crippen LogP contribution is -2.57. The minimum absolute atomic E-state index is 0.0229. The molecule has 1 spiro atoms. The summed E-state index contributed by atoms with van der Waals surface area (Å²) in [6.45, 7) is 6.75. The Hall–Kier alpha value is -2.31. The quantitative estimate of drug-likeness (QED) is 0.834. The normalized spacial score (nSPS) is 20.0. The molecule has 0 radical (unpaired) electrons. The van der Waals surface area contributed by atoms with Crippen LogP contribution in [0.3, 0.4) is 0 Å². The molecule has 2 fully saturated rings.